The lowest BCUT2D eigenvalue weighted by molar-refractivity contribution is 0.198. The van der Waals surface area contributed by atoms with Gasteiger partial charge in [-0.1, -0.05) is 32.9 Å². The fourth-order valence-electron chi connectivity index (χ4n) is 3.47. The van der Waals surface area contributed by atoms with Crippen molar-refractivity contribution in [2.75, 3.05) is 19.6 Å². The van der Waals surface area contributed by atoms with Gasteiger partial charge in [-0.25, -0.2) is 14.4 Å². The third kappa shape index (κ3) is 6.55. The fraction of sp³-hybridized carbons (Fsp3) is 0.565. The van der Waals surface area contributed by atoms with Crippen LogP contribution in [0.2, 0.25) is 0 Å². The molecule has 1 aromatic carbocycles. The van der Waals surface area contributed by atoms with E-state index >= 15 is 0 Å². The van der Waals surface area contributed by atoms with E-state index in [0.717, 1.165) is 56.3 Å². The molecule has 1 saturated heterocycles. The average Bonchev–Trinajstić information content (AvgIpc) is 3.19. The summed E-state index contributed by atoms with van der Waals surface area (Å²) in [6.07, 6.45) is 3.87. The number of rotatable bonds is 6. The molecular formula is C23H34FN5O. The maximum Gasteiger partial charge on any atom is 0.216 e. The first-order valence-electron chi connectivity index (χ1n) is 10.8. The van der Waals surface area contributed by atoms with Crippen molar-refractivity contribution >= 4 is 5.96 Å². The van der Waals surface area contributed by atoms with Crippen molar-refractivity contribution in [1.29, 1.82) is 0 Å². The van der Waals surface area contributed by atoms with Gasteiger partial charge in [0.05, 0.1) is 6.20 Å². The van der Waals surface area contributed by atoms with Gasteiger partial charge in [-0.3, -0.25) is 4.90 Å². The van der Waals surface area contributed by atoms with E-state index < -0.39 is 0 Å². The maximum absolute atomic E-state index is 13.1. The highest BCUT2D eigenvalue weighted by molar-refractivity contribution is 5.80. The predicted molar refractivity (Wildman–Crippen MR) is 118 cm³/mol. The van der Waals surface area contributed by atoms with E-state index in [2.05, 4.69) is 53.2 Å². The second-order valence-corrected chi connectivity index (χ2v) is 8.88. The lowest BCUT2D eigenvalue weighted by atomic mass is 9.94. The highest BCUT2D eigenvalue weighted by Crippen LogP contribution is 2.22. The van der Waals surface area contributed by atoms with Crippen LogP contribution >= 0.6 is 0 Å². The standard InChI is InChI=1S/C23H34FN5O/c1-5-25-22(27-15-21-26-14-20(30-21)23(2,3)4)28-19-10-12-29(13-11-19)16-17-6-8-18(24)9-7-17/h6-9,14,19H,5,10-13,15-16H2,1-4H3,(H2,25,27,28). The van der Waals surface area contributed by atoms with Crippen LogP contribution in [0.4, 0.5) is 4.39 Å². The first kappa shape index (κ1) is 22.3. The number of hydrogen-bond donors (Lipinski definition) is 2. The van der Waals surface area contributed by atoms with Crippen LogP contribution in [0.25, 0.3) is 0 Å². The number of piperidine rings is 1. The molecule has 0 amide bonds. The largest absolute Gasteiger partial charge is 0.443 e. The normalized spacial score (nSPS) is 16.6. The molecular weight excluding hydrogens is 381 g/mol. The topological polar surface area (TPSA) is 65.7 Å². The fourth-order valence-corrected chi connectivity index (χ4v) is 3.47. The number of aromatic nitrogens is 1. The van der Waals surface area contributed by atoms with Gasteiger partial charge in [0.25, 0.3) is 0 Å². The molecule has 0 aliphatic carbocycles. The van der Waals surface area contributed by atoms with Crippen LogP contribution in [0.3, 0.4) is 0 Å². The first-order chi connectivity index (χ1) is 14.3. The number of benzene rings is 1. The highest BCUT2D eigenvalue weighted by atomic mass is 19.1. The molecule has 1 fully saturated rings. The molecule has 7 heteroatoms. The Bertz CT molecular complexity index is 817. The van der Waals surface area contributed by atoms with E-state index in [-0.39, 0.29) is 11.2 Å². The molecule has 0 saturated carbocycles. The van der Waals surface area contributed by atoms with E-state index in [1.54, 1.807) is 6.20 Å². The lowest BCUT2D eigenvalue weighted by Gasteiger charge is -2.33. The number of oxazole rings is 1. The van der Waals surface area contributed by atoms with E-state index in [1.165, 1.54) is 12.1 Å². The van der Waals surface area contributed by atoms with Gasteiger partial charge in [0.1, 0.15) is 18.1 Å². The predicted octanol–water partition coefficient (Wildman–Crippen LogP) is 3.83. The van der Waals surface area contributed by atoms with E-state index in [9.17, 15) is 4.39 Å². The number of guanidine groups is 1. The minimum absolute atomic E-state index is 0.0560. The highest BCUT2D eigenvalue weighted by Gasteiger charge is 2.21. The van der Waals surface area contributed by atoms with Crippen molar-refractivity contribution in [2.24, 2.45) is 4.99 Å². The van der Waals surface area contributed by atoms with Crippen LogP contribution in [0, 0.1) is 5.82 Å². The molecule has 1 aliphatic rings. The summed E-state index contributed by atoms with van der Waals surface area (Å²) in [7, 11) is 0. The Morgan fingerprint density at radius 2 is 1.93 bits per heavy atom. The molecule has 0 radical (unpaired) electrons. The van der Waals surface area contributed by atoms with Crippen molar-refractivity contribution in [3.8, 4) is 0 Å². The third-order valence-corrected chi connectivity index (χ3v) is 5.26. The monoisotopic (exact) mass is 415 g/mol. The summed E-state index contributed by atoms with van der Waals surface area (Å²) in [4.78, 5) is 11.4. The molecule has 164 valence electrons. The van der Waals surface area contributed by atoms with Crippen molar-refractivity contribution in [3.05, 3.63) is 53.5 Å². The molecule has 0 spiro atoms. The maximum atomic E-state index is 13.1. The number of nitrogens with one attached hydrogen (secondary N) is 2. The Balaban J connectivity index is 1.50. The van der Waals surface area contributed by atoms with Crippen molar-refractivity contribution in [1.82, 2.24) is 20.5 Å². The van der Waals surface area contributed by atoms with Crippen LogP contribution in [0.15, 0.2) is 39.9 Å². The van der Waals surface area contributed by atoms with Gasteiger partial charge in [-0.2, -0.15) is 0 Å². The molecule has 0 unspecified atom stereocenters. The lowest BCUT2D eigenvalue weighted by Crippen LogP contribution is -2.48. The van der Waals surface area contributed by atoms with Gasteiger partial charge >= 0.3 is 0 Å². The summed E-state index contributed by atoms with van der Waals surface area (Å²) >= 11 is 0. The zero-order valence-corrected chi connectivity index (χ0v) is 18.5. The SMILES string of the molecule is CCNC(=NCc1ncc(C(C)(C)C)o1)NC1CCN(Cc2ccc(F)cc2)CC1. The number of halogens is 1. The number of aliphatic imine (C=N–C) groups is 1. The van der Waals surface area contributed by atoms with E-state index in [4.69, 9.17) is 4.42 Å². The van der Waals surface area contributed by atoms with Crippen LogP contribution in [-0.2, 0) is 18.5 Å². The number of hydrogen-bond acceptors (Lipinski definition) is 4. The Hall–Kier alpha value is -2.41. The quantitative estimate of drug-likeness (QED) is 0.554. The molecule has 2 heterocycles. The minimum atomic E-state index is -0.184. The van der Waals surface area contributed by atoms with Gasteiger partial charge in [0.2, 0.25) is 5.89 Å². The first-order valence-corrected chi connectivity index (χ1v) is 10.8. The Morgan fingerprint density at radius 1 is 1.23 bits per heavy atom. The van der Waals surface area contributed by atoms with E-state index in [1.807, 2.05) is 12.1 Å². The molecule has 0 bridgehead atoms. The molecule has 3 rings (SSSR count). The Labute approximate surface area is 179 Å². The summed E-state index contributed by atoms with van der Waals surface area (Å²) in [5, 5.41) is 6.86. The molecule has 30 heavy (non-hydrogen) atoms. The zero-order chi connectivity index (χ0) is 21.6. The second-order valence-electron chi connectivity index (χ2n) is 8.88. The second kappa shape index (κ2) is 10.1. The third-order valence-electron chi connectivity index (χ3n) is 5.26. The van der Waals surface area contributed by atoms with Gasteiger partial charge < -0.3 is 15.1 Å². The Morgan fingerprint density at radius 3 is 2.53 bits per heavy atom. The number of nitrogens with zero attached hydrogens (tertiary/aromatic N) is 3. The van der Waals surface area contributed by atoms with Crippen LogP contribution in [-0.4, -0.2) is 41.5 Å². The van der Waals surface area contributed by atoms with Gasteiger partial charge in [-0.15, -0.1) is 0 Å². The van der Waals surface area contributed by atoms with Crippen molar-refractivity contribution in [3.63, 3.8) is 0 Å². The summed E-state index contributed by atoms with van der Waals surface area (Å²) in [5.74, 6) is 2.12. The molecule has 1 aromatic heterocycles. The average molecular weight is 416 g/mol. The van der Waals surface area contributed by atoms with Crippen molar-refractivity contribution in [2.45, 2.75) is 65.1 Å². The molecule has 2 aromatic rings. The van der Waals surface area contributed by atoms with Crippen LogP contribution < -0.4 is 10.6 Å². The molecule has 6 nitrogen and oxygen atoms in total. The van der Waals surface area contributed by atoms with E-state index in [0.29, 0.717) is 18.5 Å². The summed E-state index contributed by atoms with van der Waals surface area (Å²) in [6, 6.07) is 7.16. The van der Waals surface area contributed by atoms with Crippen molar-refractivity contribution < 1.29 is 8.81 Å². The zero-order valence-electron chi connectivity index (χ0n) is 18.5. The summed E-state index contributed by atoms with van der Waals surface area (Å²) in [5.41, 5.74) is 1.10. The Kier molecular flexibility index (Phi) is 7.48. The molecule has 0 atom stereocenters. The summed E-state index contributed by atoms with van der Waals surface area (Å²) < 4.78 is 18.9. The van der Waals surface area contributed by atoms with Gasteiger partial charge in [-0.05, 0) is 37.5 Å². The van der Waals surface area contributed by atoms with Crippen LogP contribution in [0.5, 0.6) is 0 Å². The molecule has 2 N–H and O–H groups in total. The minimum Gasteiger partial charge on any atom is -0.443 e. The summed E-state index contributed by atoms with van der Waals surface area (Å²) in [6.45, 7) is 12.5. The van der Waals surface area contributed by atoms with Crippen LogP contribution in [0.1, 0.15) is 57.8 Å². The molecule has 1 aliphatic heterocycles. The smallest absolute Gasteiger partial charge is 0.216 e. The number of likely N-dealkylation sites (tertiary alicyclic amines) is 1. The van der Waals surface area contributed by atoms with Gasteiger partial charge in [0, 0.05) is 37.6 Å². The van der Waals surface area contributed by atoms with Gasteiger partial charge in [0.15, 0.2) is 5.96 Å².